The molecule has 2 heteroatoms. The van der Waals surface area contributed by atoms with Gasteiger partial charge in [-0.05, 0) is 118 Å². The van der Waals surface area contributed by atoms with E-state index in [1.807, 2.05) is 13.8 Å². The van der Waals surface area contributed by atoms with Gasteiger partial charge in [0.2, 0.25) is 0 Å². The fourth-order valence-electron chi connectivity index (χ4n) is 9.59. The van der Waals surface area contributed by atoms with Gasteiger partial charge in [-0.15, -0.1) is 0 Å². The molecule has 0 radical (unpaired) electrons. The van der Waals surface area contributed by atoms with E-state index in [4.69, 9.17) is 0 Å². The summed E-state index contributed by atoms with van der Waals surface area (Å²) < 4.78 is 0. The maximum atomic E-state index is 10.3. The van der Waals surface area contributed by atoms with E-state index in [1.54, 1.807) is 5.57 Å². The molecule has 0 aromatic heterocycles. The molecule has 0 bridgehead atoms. The van der Waals surface area contributed by atoms with E-state index in [0.29, 0.717) is 10.8 Å². The number of hydrogen-bond donors (Lipinski definition) is 2. The molecular weight excluding hydrogens is 416 g/mol. The summed E-state index contributed by atoms with van der Waals surface area (Å²) in [4.78, 5) is 0. The standard InChI is InChI=1S/C32H56O2/c1-22(2)9-7-10-23(11-8-18-30(3,4)34)27-14-15-28-26-13-12-24-21-25(33)16-19-31(24,5)29(26)17-20-32(27,28)6/h12,22-23,25-29,33-34H,7-11,13-21H2,1-6H3/t23-,25+,26+,27-,28+,29+,31+,32-/m1/s1. The van der Waals surface area contributed by atoms with E-state index >= 15 is 0 Å². The van der Waals surface area contributed by atoms with Crippen molar-refractivity contribution >= 4 is 0 Å². The van der Waals surface area contributed by atoms with Crippen molar-refractivity contribution in [1.29, 1.82) is 0 Å². The summed E-state index contributed by atoms with van der Waals surface area (Å²) in [6.45, 7) is 13.9. The number of hydrogen-bond acceptors (Lipinski definition) is 2. The van der Waals surface area contributed by atoms with E-state index in [1.165, 1.54) is 70.6 Å². The molecule has 4 rings (SSSR count). The molecule has 3 saturated carbocycles. The minimum absolute atomic E-state index is 0.101. The second-order valence-corrected chi connectivity index (χ2v) is 14.7. The van der Waals surface area contributed by atoms with Gasteiger partial charge in [-0.2, -0.15) is 0 Å². The van der Waals surface area contributed by atoms with Gasteiger partial charge in [0, 0.05) is 0 Å². The van der Waals surface area contributed by atoms with Crippen LogP contribution in [0, 0.1) is 46.3 Å². The second kappa shape index (κ2) is 10.2. The lowest BCUT2D eigenvalue weighted by molar-refractivity contribution is -0.0596. The van der Waals surface area contributed by atoms with Gasteiger partial charge in [0.1, 0.15) is 0 Å². The van der Waals surface area contributed by atoms with Crippen LogP contribution in [-0.2, 0) is 0 Å². The third-order valence-corrected chi connectivity index (χ3v) is 11.4. The van der Waals surface area contributed by atoms with Crippen molar-refractivity contribution < 1.29 is 10.2 Å². The highest BCUT2D eigenvalue weighted by molar-refractivity contribution is 5.25. The molecule has 3 fully saturated rings. The highest BCUT2D eigenvalue weighted by Crippen LogP contribution is 2.67. The lowest BCUT2D eigenvalue weighted by Crippen LogP contribution is -2.51. The van der Waals surface area contributed by atoms with Gasteiger partial charge in [-0.1, -0.05) is 71.4 Å². The molecular formula is C32H56O2. The lowest BCUT2D eigenvalue weighted by atomic mass is 9.47. The Bertz CT molecular complexity index is 717. The van der Waals surface area contributed by atoms with Crippen LogP contribution in [0.15, 0.2) is 11.6 Å². The fraction of sp³-hybridized carbons (Fsp3) is 0.938. The van der Waals surface area contributed by atoms with E-state index in [-0.39, 0.29) is 6.10 Å². The smallest absolute Gasteiger partial charge is 0.0591 e. The molecule has 0 unspecified atom stereocenters. The summed E-state index contributed by atoms with van der Waals surface area (Å²) in [6.07, 6.45) is 20.1. The topological polar surface area (TPSA) is 40.5 Å². The van der Waals surface area contributed by atoms with Gasteiger partial charge in [0.25, 0.3) is 0 Å². The van der Waals surface area contributed by atoms with Crippen LogP contribution < -0.4 is 0 Å². The van der Waals surface area contributed by atoms with Crippen molar-refractivity contribution in [2.24, 2.45) is 46.3 Å². The summed E-state index contributed by atoms with van der Waals surface area (Å²) in [5.41, 5.74) is 1.93. The monoisotopic (exact) mass is 472 g/mol. The Morgan fingerprint density at radius 1 is 0.971 bits per heavy atom. The molecule has 0 amide bonds. The Morgan fingerprint density at radius 3 is 2.41 bits per heavy atom. The molecule has 4 aliphatic rings. The second-order valence-electron chi connectivity index (χ2n) is 14.7. The van der Waals surface area contributed by atoms with Crippen LogP contribution in [0.3, 0.4) is 0 Å². The number of rotatable bonds is 9. The van der Waals surface area contributed by atoms with Crippen molar-refractivity contribution in [1.82, 2.24) is 0 Å². The van der Waals surface area contributed by atoms with Gasteiger partial charge in [0.15, 0.2) is 0 Å². The predicted molar refractivity (Wildman–Crippen MR) is 144 cm³/mol. The minimum Gasteiger partial charge on any atom is -0.393 e. The van der Waals surface area contributed by atoms with E-state index in [2.05, 4.69) is 33.8 Å². The van der Waals surface area contributed by atoms with Gasteiger partial charge < -0.3 is 10.2 Å². The molecule has 2 nitrogen and oxygen atoms in total. The van der Waals surface area contributed by atoms with E-state index < -0.39 is 5.60 Å². The minimum atomic E-state index is -0.530. The van der Waals surface area contributed by atoms with Crippen LogP contribution in [0.25, 0.3) is 0 Å². The Hall–Kier alpha value is -0.340. The maximum absolute atomic E-state index is 10.3. The van der Waals surface area contributed by atoms with Crippen LogP contribution in [0.5, 0.6) is 0 Å². The third kappa shape index (κ3) is 5.34. The Morgan fingerprint density at radius 2 is 1.71 bits per heavy atom. The first-order valence-electron chi connectivity index (χ1n) is 15.0. The average Bonchev–Trinajstić information content (AvgIpc) is 3.09. The van der Waals surface area contributed by atoms with Crippen molar-refractivity contribution in [2.45, 2.75) is 143 Å². The Kier molecular flexibility index (Phi) is 8.01. The molecule has 34 heavy (non-hydrogen) atoms. The van der Waals surface area contributed by atoms with Crippen molar-refractivity contribution in [3.05, 3.63) is 11.6 Å². The molecule has 0 aromatic rings. The normalized spacial score (nSPS) is 41.0. The number of aliphatic hydroxyl groups excluding tert-OH is 1. The van der Waals surface area contributed by atoms with Crippen LogP contribution in [0.4, 0.5) is 0 Å². The maximum Gasteiger partial charge on any atom is 0.0591 e. The Labute approximate surface area is 211 Å². The molecule has 0 saturated heterocycles. The number of allylic oxidation sites excluding steroid dienone is 1. The first-order chi connectivity index (χ1) is 15.9. The molecule has 8 atom stereocenters. The van der Waals surface area contributed by atoms with Gasteiger partial charge in [0.05, 0.1) is 11.7 Å². The largest absolute Gasteiger partial charge is 0.393 e. The number of fused-ring (bicyclic) bond motifs is 5. The molecule has 0 spiro atoms. The van der Waals surface area contributed by atoms with Crippen molar-refractivity contribution in [3.63, 3.8) is 0 Å². The van der Waals surface area contributed by atoms with Crippen LogP contribution in [0.1, 0.15) is 131 Å². The highest BCUT2D eigenvalue weighted by atomic mass is 16.3. The van der Waals surface area contributed by atoms with Crippen LogP contribution in [-0.4, -0.2) is 21.9 Å². The SMILES string of the molecule is CC(C)CCC[C@H](CCCC(C)(C)O)[C@H]1CC[C@H]2[C@@H]3CC=C4C[C@@H](O)CC[C@]4(C)[C@H]3CC[C@]12C. The molecule has 4 aliphatic carbocycles. The van der Waals surface area contributed by atoms with Crippen LogP contribution >= 0.6 is 0 Å². The molecule has 196 valence electrons. The average molecular weight is 473 g/mol. The zero-order valence-corrected chi connectivity index (χ0v) is 23.4. The summed E-state index contributed by atoms with van der Waals surface area (Å²) in [6, 6.07) is 0. The molecule has 0 aromatic carbocycles. The zero-order chi connectivity index (χ0) is 24.7. The first-order valence-corrected chi connectivity index (χ1v) is 15.0. The molecule has 2 N–H and O–H groups in total. The first kappa shape index (κ1) is 26.7. The molecule has 0 heterocycles. The quantitative estimate of drug-likeness (QED) is 0.331. The predicted octanol–water partition coefficient (Wildman–Crippen LogP) is 8.31. The number of aliphatic hydroxyl groups is 2. The Balaban J connectivity index is 1.50. The van der Waals surface area contributed by atoms with Crippen molar-refractivity contribution in [2.75, 3.05) is 0 Å². The summed E-state index contributed by atoms with van der Waals surface area (Å²) >= 11 is 0. The zero-order valence-electron chi connectivity index (χ0n) is 23.4. The lowest BCUT2D eigenvalue weighted by Gasteiger charge is -2.58. The van der Waals surface area contributed by atoms with Gasteiger partial charge >= 0.3 is 0 Å². The van der Waals surface area contributed by atoms with E-state index in [9.17, 15) is 10.2 Å². The molecule has 0 aliphatic heterocycles. The highest BCUT2D eigenvalue weighted by Gasteiger charge is 2.59. The van der Waals surface area contributed by atoms with Gasteiger partial charge in [-0.3, -0.25) is 0 Å². The van der Waals surface area contributed by atoms with E-state index in [0.717, 1.165) is 54.8 Å². The third-order valence-electron chi connectivity index (χ3n) is 11.4. The van der Waals surface area contributed by atoms with Crippen LogP contribution in [0.2, 0.25) is 0 Å². The summed E-state index contributed by atoms with van der Waals surface area (Å²) in [7, 11) is 0. The van der Waals surface area contributed by atoms with Gasteiger partial charge in [-0.25, -0.2) is 0 Å². The fourth-order valence-corrected chi connectivity index (χ4v) is 9.59. The summed E-state index contributed by atoms with van der Waals surface area (Å²) in [5.74, 6) is 5.10. The van der Waals surface area contributed by atoms with Crippen molar-refractivity contribution in [3.8, 4) is 0 Å². The summed E-state index contributed by atoms with van der Waals surface area (Å²) in [5, 5.41) is 20.6.